The Hall–Kier alpha value is -1.35. The van der Waals surface area contributed by atoms with Crippen LogP contribution >= 0.6 is 0 Å². The summed E-state index contributed by atoms with van der Waals surface area (Å²) in [6, 6.07) is 7.85. The van der Waals surface area contributed by atoms with E-state index in [-0.39, 0.29) is 17.9 Å². The van der Waals surface area contributed by atoms with Gasteiger partial charge in [0, 0.05) is 29.9 Å². The Morgan fingerprint density at radius 1 is 1.47 bits per heavy atom. The maximum atomic E-state index is 11.5. The average molecular weight is 261 g/mol. The summed E-state index contributed by atoms with van der Waals surface area (Å²) < 4.78 is 0. The minimum Gasteiger partial charge on any atom is -0.396 e. The summed E-state index contributed by atoms with van der Waals surface area (Å²) in [6.07, 6.45) is 1.94. The van der Waals surface area contributed by atoms with Crippen LogP contribution in [0.2, 0.25) is 0 Å². The van der Waals surface area contributed by atoms with Crippen molar-refractivity contribution in [3.8, 4) is 0 Å². The molecule has 1 aromatic rings. The molecule has 1 aliphatic heterocycles. The number of benzene rings is 1. The zero-order chi connectivity index (χ0) is 14.0. The number of ketones is 1. The molecular formula is C16H23NO2. The lowest BCUT2D eigenvalue weighted by molar-refractivity contribution is 0.101. The molecule has 0 aliphatic carbocycles. The lowest BCUT2D eigenvalue weighted by Gasteiger charge is -2.38. The highest BCUT2D eigenvalue weighted by atomic mass is 16.3. The van der Waals surface area contributed by atoms with Gasteiger partial charge in [0.15, 0.2) is 5.78 Å². The molecule has 0 saturated carbocycles. The first-order chi connectivity index (χ1) is 8.96. The predicted molar refractivity (Wildman–Crippen MR) is 77.7 cm³/mol. The number of Topliss-reactive ketones (excluding diaryl/α,β-unsaturated/α-hetero) is 1. The normalized spacial score (nSPS) is 21.7. The minimum atomic E-state index is 0.0259. The quantitative estimate of drug-likeness (QED) is 0.847. The van der Waals surface area contributed by atoms with Crippen LogP contribution in [-0.2, 0) is 0 Å². The lowest BCUT2D eigenvalue weighted by Crippen LogP contribution is -2.42. The highest BCUT2D eigenvalue weighted by molar-refractivity contribution is 5.95. The fraction of sp³-hybridized carbons (Fsp3) is 0.562. The molecule has 1 atom stereocenters. The van der Waals surface area contributed by atoms with E-state index in [4.69, 9.17) is 5.11 Å². The van der Waals surface area contributed by atoms with Crippen LogP contribution in [0.15, 0.2) is 24.3 Å². The SMILES string of the molecule is CC(=O)c1cccc(N2CCC(CCO)C2(C)C)c1. The summed E-state index contributed by atoms with van der Waals surface area (Å²) in [5.41, 5.74) is 1.90. The summed E-state index contributed by atoms with van der Waals surface area (Å²) in [7, 11) is 0. The van der Waals surface area contributed by atoms with Gasteiger partial charge in [0.2, 0.25) is 0 Å². The first-order valence-corrected chi connectivity index (χ1v) is 6.96. The molecule has 19 heavy (non-hydrogen) atoms. The van der Waals surface area contributed by atoms with E-state index in [0.717, 1.165) is 30.6 Å². The zero-order valence-corrected chi connectivity index (χ0v) is 12.0. The van der Waals surface area contributed by atoms with Crippen LogP contribution in [0, 0.1) is 5.92 Å². The molecule has 1 saturated heterocycles. The van der Waals surface area contributed by atoms with Gasteiger partial charge in [-0.3, -0.25) is 4.79 Å². The van der Waals surface area contributed by atoms with Crippen molar-refractivity contribution < 1.29 is 9.90 Å². The highest BCUT2D eigenvalue weighted by Gasteiger charge is 2.40. The number of anilines is 1. The summed E-state index contributed by atoms with van der Waals surface area (Å²) in [5, 5.41) is 9.17. The second kappa shape index (κ2) is 5.33. The molecule has 1 heterocycles. The number of rotatable bonds is 4. The van der Waals surface area contributed by atoms with Crippen molar-refractivity contribution in [2.24, 2.45) is 5.92 Å². The molecule has 1 N–H and O–H groups in total. The molecule has 104 valence electrons. The smallest absolute Gasteiger partial charge is 0.159 e. The Morgan fingerprint density at radius 3 is 2.84 bits per heavy atom. The van der Waals surface area contributed by atoms with Gasteiger partial charge in [0.25, 0.3) is 0 Å². The van der Waals surface area contributed by atoms with E-state index in [1.165, 1.54) is 0 Å². The molecular weight excluding hydrogens is 238 g/mol. The zero-order valence-electron chi connectivity index (χ0n) is 12.0. The Labute approximate surface area is 115 Å². The number of carbonyl (C=O) groups is 1. The van der Waals surface area contributed by atoms with Gasteiger partial charge in [0.05, 0.1) is 0 Å². The van der Waals surface area contributed by atoms with Crippen LogP contribution < -0.4 is 4.90 Å². The molecule has 2 rings (SSSR count). The molecule has 0 aromatic heterocycles. The van der Waals surface area contributed by atoms with Crippen molar-refractivity contribution in [2.45, 2.75) is 39.2 Å². The molecule has 1 aromatic carbocycles. The average Bonchev–Trinajstić information content (AvgIpc) is 2.66. The van der Waals surface area contributed by atoms with Crippen molar-refractivity contribution in [1.29, 1.82) is 0 Å². The first-order valence-electron chi connectivity index (χ1n) is 6.96. The lowest BCUT2D eigenvalue weighted by atomic mass is 9.86. The fourth-order valence-electron chi connectivity index (χ4n) is 3.15. The van der Waals surface area contributed by atoms with Gasteiger partial charge in [-0.1, -0.05) is 12.1 Å². The van der Waals surface area contributed by atoms with Gasteiger partial charge >= 0.3 is 0 Å². The van der Waals surface area contributed by atoms with Crippen LogP contribution in [0.1, 0.15) is 44.0 Å². The molecule has 3 heteroatoms. The molecule has 0 amide bonds. The molecule has 0 bridgehead atoms. The van der Waals surface area contributed by atoms with Crippen molar-refractivity contribution >= 4 is 11.5 Å². The third-order valence-electron chi connectivity index (χ3n) is 4.44. The van der Waals surface area contributed by atoms with Crippen LogP contribution in [0.25, 0.3) is 0 Å². The maximum Gasteiger partial charge on any atom is 0.159 e. The first kappa shape index (κ1) is 14.1. The standard InChI is InChI=1S/C16H23NO2/c1-12(19)13-5-4-6-15(11-13)17-9-7-14(8-10-18)16(17,2)3/h4-6,11,14,18H,7-10H2,1-3H3. The summed E-state index contributed by atoms with van der Waals surface area (Å²) in [4.78, 5) is 13.8. The largest absolute Gasteiger partial charge is 0.396 e. The van der Waals surface area contributed by atoms with Crippen LogP contribution in [0.5, 0.6) is 0 Å². The number of nitrogens with zero attached hydrogens (tertiary/aromatic N) is 1. The predicted octanol–water partition coefficient (Wildman–Crippen LogP) is 2.88. The number of hydrogen-bond acceptors (Lipinski definition) is 3. The molecule has 1 aliphatic rings. The number of aliphatic hydroxyl groups is 1. The van der Waals surface area contributed by atoms with Gasteiger partial charge < -0.3 is 10.0 Å². The number of hydrogen-bond donors (Lipinski definition) is 1. The van der Waals surface area contributed by atoms with Gasteiger partial charge in [-0.2, -0.15) is 0 Å². The van der Waals surface area contributed by atoms with E-state index in [2.05, 4.69) is 24.8 Å². The second-order valence-electron chi connectivity index (χ2n) is 5.91. The highest BCUT2D eigenvalue weighted by Crippen LogP contribution is 2.39. The van der Waals surface area contributed by atoms with Crippen LogP contribution in [0.4, 0.5) is 5.69 Å². The summed E-state index contributed by atoms with van der Waals surface area (Å²) >= 11 is 0. The third-order valence-corrected chi connectivity index (χ3v) is 4.44. The van der Waals surface area contributed by atoms with Gasteiger partial charge in [0.1, 0.15) is 0 Å². The van der Waals surface area contributed by atoms with Crippen molar-refractivity contribution in [2.75, 3.05) is 18.1 Å². The van der Waals surface area contributed by atoms with Crippen molar-refractivity contribution in [3.63, 3.8) is 0 Å². The number of carbonyl (C=O) groups excluding carboxylic acids is 1. The molecule has 1 fully saturated rings. The van der Waals surface area contributed by atoms with Gasteiger partial charge in [-0.15, -0.1) is 0 Å². The minimum absolute atomic E-state index is 0.0259. The van der Waals surface area contributed by atoms with E-state index < -0.39 is 0 Å². The maximum absolute atomic E-state index is 11.5. The van der Waals surface area contributed by atoms with E-state index >= 15 is 0 Å². The Kier molecular flexibility index (Phi) is 3.95. The third kappa shape index (κ3) is 2.66. The molecule has 3 nitrogen and oxygen atoms in total. The van der Waals surface area contributed by atoms with E-state index in [1.807, 2.05) is 18.2 Å². The topological polar surface area (TPSA) is 40.5 Å². The Balaban J connectivity index is 2.27. The van der Waals surface area contributed by atoms with E-state index in [0.29, 0.717) is 5.92 Å². The van der Waals surface area contributed by atoms with Crippen LogP contribution in [0.3, 0.4) is 0 Å². The van der Waals surface area contributed by atoms with Gasteiger partial charge in [-0.05, 0) is 51.7 Å². The fourth-order valence-corrected chi connectivity index (χ4v) is 3.15. The molecule has 0 radical (unpaired) electrons. The van der Waals surface area contributed by atoms with Gasteiger partial charge in [-0.25, -0.2) is 0 Å². The second-order valence-corrected chi connectivity index (χ2v) is 5.91. The monoisotopic (exact) mass is 261 g/mol. The molecule has 0 spiro atoms. The summed E-state index contributed by atoms with van der Waals surface area (Å²) in [6.45, 7) is 7.28. The Bertz CT molecular complexity index is 468. The van der Waals surface area contributed by atoms with E-state index in [1.54, 1.807) is 6.92 Å². The molecule has 1 unspecified atom stereocenters. The van der Waals surface area contributed by atoms with Crippen LogP contribution in [-0.4, -0.2) is 29.6 Å². The van der Waals surface area contributed by atoms with Crippen molar-refractivity contribution in [1.82, 2.24) is 0 Å². The number of aliphatic hydroxyl groups excluding tert-OH is 1. The summed E-state index contributed by atoms with van der Waals surface area (Å²) in [5.74, 6) is 0.601. The Morgan fingerprint density at radius 2 is 2.21 bits per heavy atom. The van der Waals surface area contributed by atoms with Crippen molar-refractivity contribution in [3.05, 3.63) is 29.8 Å². The van der Waals surface area contributed by atoms with E-state index in [9.17, 15) is 4.79 Å².